The van der Waals surface area contributed by atoms with Crippen molar-refractivity contribution in [1.29, 1.82) is 0 Å². The van der Waals surface area contributed by atoms with Crippen LogP contribution in [0.15, 0.2) is 83.7 Å². The van der Waals surface area contributed by atoms with Crippen LogP contribution in [0.4, 0.5) is 17.1 Å². The first-order chi connectivity index (χ1) is 21.8. The molecule has 2 N–H and O–H groups in total. The summed E-state index contributed by atoms with van der Waals surface area (Å²) >= 11 is 0. The fourth-order valence-corrected chi connectivity index (χ4v) is 6.28. The van der Waals surface area contributed by atoms with Crippen molar-refractivity contribution in [2.75, 3.05) is 49.4 Å². The minimum Gasteiger partial charge on any atom is -0.497 e. The molecule has 45 heavy (non-hydrogen) atoms. The number of piperidine rings is 1. The molecule has 2 bridgehead atoms. The van der Waals surface area contributed by atoms with Crippen molar-refractivity contribution >= 4 is 28.9 Å². The molecule has 0 unspecified atom stereocenters. The van der Waals surface area contributed by atoms with Crippen LogP contribution < -0.4 is 35.3 Å². The first kappa shape index (κ1) is 29.8. The van der Waals surface area contributed by atoms with E-state index >= 15 is 0 Å². The first-order valence-corrected chi connectivity index (χ1v) is 15.0. The molecule has 0 aliphatic carbocycles. The molecule has 2 aliphatic heterocycles. The third kappa shape index (κ3) is 6.35. The normalized spacial score (nSPS) is 16.7. The average molecular weight is 609 g/mol. The van der Waals surface area contributed by atoms with Crippen LogP contribution in [-0.2, 0) is 6.54 Å². The number of amides is 2. The predicted octanol–water partition coefficient (Wildman–Crippen LogP) is 5.39. The van der Waals surface area contributed by atoms with Gasteiger partial charge in [0.25, 0.3) is 17.4 Å². The second-order valence-corrected chi connectivity index (χ2v) is 11.3. The first-order valence-electron chi connectivity index (χ1n) is 15.0. The maximum absolute atomic E-state index is 13.6. The molecule has 2 aliphatic rings. The van der Waals surface area contributed by atoms with Crippen LogP contribution >= 0.6 is 0 Å². The molecule has 0 radical (unpaired) electrons. The second-order valence-electron chi connectivity index (χ2n) is 11.3. The van der Waals surface area contributed by atoms with E-state index in [1.807, 2.05) is 29.7 Å². The number of pyridine rings is 1. The molecule has 0 saturated carbocycles. The molecule has 0 spiro atoms. The maximum atomic E-state index is 13.6. The minimum absolute atomic E-state index is 0.0280. The quantitative estimate of drug-likeness (QED) is 0.262. The summed E-state index contributed by atoms with van der Waals surface area (Å²) in [5, 5.41) is 5.99. The van der Waals surface area contributed by atoms with Gasteiger partial charge in [0, 0.05) is 60.2 Å². The number of carbonyl (C=O) groups is 2. The van der Waals surface area contributed by atoms with Crippen LogP contribution in [0.25, 0.3) is 0 Å². The van der Waals surface area contributed by atoms with E-state index in [9.17, 15) is 14.4 Å². The summed E-state index contributed by atoms with van der Waals surface area (Å²) in [6.45, 7) is 4.50. The average Bonchev–Trinajstić information content (AvgIpc) is 3.05. The Bertz CT molecular complexity index is 1760. The van der Waals surface area contributed by atoms with Crippen LogP contribution in [0.2, 0.25) is 0 Å². The predicted molar refractivity (Wildman–Crippen MR) is 173 cm³/mol. The van der Waals surface area contributed by atoms with E-state index < -0.39 is 0 Å². The zero-order chi connectivity index (χ0) is 31.5. The standard InChI is InChI=1S/C35H36N4O6/c1-4-45-27-11-9-26(10-12-27)36-34(41)23-8-13-32(30(17-23)37-35(42)24-15-28(43-2)18-29(16-24)44-3)38-19-22-14-25(21-38)31-6-5-7-33(40)39(31)20-22/h5-13,15-18,22,25H,4,14,19-21H2,1-3H3,(H,36,41)(H,37,42)/t22-,25+/m1/s1. The summed E-state index contributed by atoms with van der Waals surface area (Å²) in [6, 6.07) is 23.0. The summed E-state index contributed by atoms with van der Waals surface area (Å²) in [6.07, 6.45) is 0.994. The number of nitrogens with zero attached hydrogens (tertiary/aromatic N) is 2. The number of benzene rings is 3. The van der Waals surface area contributed by atoms with Crippen LogP contribution in [0.1, 0.15) is 45.7 Å². The number of carbonyl (C=O) groups excluding carboxylic acids is 2. The monoisotopic (exact) mass is 608 g/mol. The Labute approximate surface area is 261 Å². The number of anilines is 3. The van der Waals surface area contributed by atoms with Gasteiger partial charge >= 0.3 is 0 Å². The molecule has 232 valence electrons. The number of hydrogen-bond acceptors (Lipinski definition) is 7. The highest BCUT2D eigenvalue weighted by Gasteiger charge is 2.35. The number of rotatable bonds is 9. The molecule has 2 amide bonds. The van der Waals surface area contributed by atoms with E-state index in [1.54, 1.807) is 60.7 Å². The van der Waals surface area contributed by atoms with Crippen molar-refractivity contribution in [2.24, 2.45) is 5.92 Å². The molecule has 3 heterocycles. The molecule has 10 nitrogen and oxygen atoms in total. The molecule has 1 aromatic heterocycles. The summed E-state index contributed by atoms with van der Waals surface area (Å²) < 4.78 is 18.1. The van der Waals surface area contributed by atoms with Crippen molar-refractivity contribution in [3.63, 3.8) is 0 Å². The number of ether oxygens (including phenoxy) is 3. The molecule has 10 heteroatoms. The highest BCUT2D eigenvalue weighted by atomic mass is 16.5. The van der Waals surface area contributed by atoms with Gasteiger partial charge in [-0.3, -0.25) is 14.4 Å². The van der Waals surface area contributed by atoms with Gasteiger partial charge in [0.2, 0.25) is 0 Å². The Kier molecular flexibility index (Phi) is 8.46. The van der Waals surface area contributed by atoms with Crippen molar-refractivity contribution in [1.82, 2.24) is 4.57 Å². The van der Waals surface area contributed by atoms with E-state index in [4.69, 9.17) is 14.2 Å². The van der Waals surface area contributed by atoms with E-state index in [0.717, 1.165) is 23.6 Å². The molecule has 1 fully saturated rings. The van der Waals surface area contributed by atoms with E-state index in [2.05, 4.69) is 15.5 Å². The lowest BCUT2D eigenvalue weighted by atomic mass is 9.83. The third-order valence-electron chi connectivity index (χ3n) is 8.36. The topological polar surface area (TPSA) is 111 Å². The molecular weight excluding hydrogens is 572 g/mol. The van der Waals surface area contributed by atoms with Crippen molar-refractivity contribution in [3.05, 3.63) is 106 Å². The lowest BCUT2D eigenvalue weighted by molar-refractivity contribution is 0.101. The highest BCUT2D eigenvalue weighted by molar-refractivity contribution is 6.09. The van der Waals surface area contributed by atoms with Gasteiger partial charge in [-0.25, -0.2) is 0 Å². The van der Waals surface area contributed by atoms with E-state index in [-0.39, 0.29) is 29.2 Å². The zero-order valence-corrected chi connectivity index (χ0v) is 25.5. The molecule has 1 saturated heterocycles. The van der Waals surface area contributed by atoms with Gasteiger partial charge in [0.15, 0.2) is 0 Å². The lowest BCUT2D eigenvalue weighted by Crippen LogP contribution is -2.47. The van der Waals surface area contributed by atoms with Gasteiger partial charge in [-0.05, 0) is 79.9 Å². The Balaban J connectivity index is 1.32. The highest BCUT2D eigenvalue weighted by Crippen LogP contribution is 2.39. The SMILES string of the molecule is CCOc1ccc(NC(=O)c2ccc(N3C[C@H]4C[C@@H](C3)c3cccc(=O)n3C4)c(NC(=O)c3cc(OC)cc(OC)c3)c2)cc1. The van der Waals surface area contributed by atoms with E-state index in [0.29, 0.717) is 60.2 Å². The smallest absolute Gasteiger partial charge is 0.255 e. The molecular formula is C35H36N4O6. The van der Waals surface area contributed by atoms with E-state index in [1.165, 1.54) is 14.2 Å². The number of nitrogens with one attached hydrogen (secondary N) is 2. The molecule has 6 rings (SSSR count). The van der Waals surface area contributed by atoms with Gasteiger partial charge in [-0.1, -0.05) is 6.07 Å². The van der Waals surface area contributed by atoms with Crippen LogP contribution in [0.5, 0.6) is 17.2 Å². The maximum Gasteiger partial charge on any atom is 0.255 e. The van der Waals surface area contributed by atoms with Gasteiger partial charge in [0.1, 0.15) is 17.2 Å². The van der Waals surface area contributed by atoms with Crippen molar-refractivity contribution in [3.8, 4) is 17.2 Å². The minimum atomic E-state index is -0.369. The largest absolute Gasteiger partial charge is 0.497 e. The number of methoxy groups -OCH3 is 2. The van der Waals surface area contributed by atoms with Gasteiger partial charge in [-0.15, -0.1) is 0 Å². The Morgan fingerprint density at radius 3 is 2.24 bits per heavy atom. The molecule has 3 aromatic carbocycles. The van der Waals surface area contributed by atoms with Crippen LogP contribution in [-0.4, -0.2) is 50.3 Å². The summed E-state index contributed by atoms with van der Waals surface area (Å²) in [7, 11) is 3.06. The van der Waals surface area contributed by atoms with Crippen molar-refractivity contribution in [2.45, 2.75) is 25.8 Å². The fraction of sp³-hybridized carbons (Fsp3) is 0.286. The Morgan fingerprint density at radius 1 is 0.800 bits per heavy atom. The summed E-state index contributed by atoms with van der Waals surface area (Å²) in [5.41, 5.74) is 3.73. The number of hydrogen-bond donors (Lipinski definition) is 2. The fourth-order valence-electron chi connectivity index (χ4n) is 6.28. The number of fused-ring (bicyclic) bond motifs is 4. The third-order valence-corrected chi connectivity index (χ3v) is 8.36. The lowest BCUT2D eigenvalue weighted by Gasteiger charge is -2.44. The zero-order valence-electron chi connectivity index (χ0n) is 25.5. The van der Waals surface area contributed by atoms with Gasteiger partial charge in [-0.2, -0.15) is 0 Å². The summed E-state index contributed by atoms with van der Waals surface area (Å²) in [4.78, 5) is 41.8. The second kappa shape index (κ2) is 12.8. The molecule has 4 aromatic rings. The summed E-state index contributed by atoms with van der Waals surface area (Å²) in [5.74, 6) is 1.45. The van der Waals surface area contributed by atoms with Crippen molar-refractivity contribution < 1.29 is 23.8 Å². The van der Waals surface area contributed by atoms with Crippen LogP contribution in [0.3, 0.4) is 0 Å². The van der Waals surface area contributed by atoms with Crippen LogP contribution in [0, 0.1) is 5.92 Å². The van der Waals surface area contributed by atoms with Gasteiger partial charge < -0.3 is 34.3 Å². The Hall–Kier alpha value is -5.25. The molecule has 2 atom stereocenters. The van der Waals surface area contributed by atoms with Gasteiger partial charge in [0.05, 0.1) is 32.2 Å². The Morgan fingerprint density at radius 2 is 1.53 bits per heavy atom. The number of aromatic nitrogens is 1.